The van der Waals surface area contributed by atoms with E-state index in [2.05, 4.69) is 10.5 Å². The van der Waals surface area contributed by atoms with Gasteiger partial charge >= 0.3 is 6.18 Å². The van der Waals surface area contributed by atoms with Crippen molar-refractivity contribution in [2.75, 3.05) is 18.8 Å². The molecular formula is C25H22ClF3N4O5S2. The van der Waals surface area contributed by atoms with Crippen LogP contribution >= 0.6 is 11.6 Å². The molecule has 0 spiro atoms. The van der Waals surface area contributed by atoms with E-state index in [0.29, 0.717) is 44.9 Å². The maximum absolute atomic E-state index is 13.6. The molecule has 1 atom stereocenters. The van der Waals surface area contributed by atoms with E-state index in [0.717, 1.165) is 10.6 Å². The van der Waals surface area contributed by atoms with Gasteiger partial charge < -0.3 is 0 Å². The maximum atomic E-state index is 13.6. The first-order valence-corrected chi connectivity index (χ1v) is 15.0. The van der Waals surface area contributed by atoms with Gasteiger partial charge in [0.1, 0.15) is 0 Å². The van der Waals surface area contributed by atoms with Gasteiger partial charge in [-0.1, -0.05) is 54.1 Å². The molecule has 3 aromatic carbocycles. The summed E-state index contributed by atoms with van der Waals surface area (Å²) < 4.78 is 107. The fourth-order valence-electron chi connectivity index (χ4n) is 4.05. The summed E-state index contributed by atoms with van der Waals surface area (Å²) >= 11 is 6.03. The van der Waals surface area contributed by atoms with E-state index < -0.39 is 61.0 Å². The second kappa shape index (κ2) is 11.2. The predicted molar refractivity (Wildman–Crippen MR) is 143 cm³/mol. The number of hydrogen-bond donors (Lipinski definition) is 2. The van der Waals surface area contributed by atoms with Crippen molar-refractivity contribution in [3.63, 3.8) is 0 Å². The third kappa shape index (κ3) is 6.63. The van der Waals surface area contributed by atoms with Gasteiger partial charge in [-0.25, -0.2) is 17.7 Å². The average molecular weight is 615 g/mol. The van der Waals surface area contributed by atoms with Gasteiger partial charge in [0, 0.05) is 10.9 Å². The highest BCUT2D eigenvalue weighted by Crippen LogP contribution is 2.32. The number of rotatable bonds is 7. The average Bonchev–Trinajstić information content (AvgIpc) is 3.36. The van der Waals surface area contributed by atoms with Crippen LogP contribution in [0.1, 0.15) is 22.6 Å². The minimum Gasteiger partial charge on any atom is -0.285 e. The third-order valence-corrected chi connectivity index (χ3v) is 8.78. The molecule has 0 radical (unpaired) electrons. The lowest BCUT2D eigenvalue weighted by molar-refractivity contribution is -0.137. The first-order valence-electron chi connectivity index (χ1n) is 12.0. The van der Waals surface area contributed by atoms with E-state index in [4.69, 9.17) is 13.0 Å². The molecule has 0 bridgehead atoms. The van der Waals surface area contributed by atoms with E-state index in [1.54, 1.807) is 42.5 Å². The van der Waals surface area contributed by atoms with Gasteiger partial charge in [0.15, 0.2) is 1.41 Å². The summed E-state index contributed by atoms with van der Waals surface area (Å²) in [7, 11) is -9.50. The summed E-state index contributed by atoms with van der Waals surface area (Å²) in [6, 6.07) is 18.3. The van der Waals surface area contributed by atoms with E-state index in [9.17, 15) is 34.6 Å². The van der Waals surface area contributed by atoms with Gasteiger partial charge in [-0.2, -0.15) is 26.7 Å². The minimum absolute atomic E-state index is 0.0232. The van der Waals surface area contributed by atoms with Crippen molar-refractivity contribution in [2.45, 2.75) is 17.0 Å². The Morgan fingerprint density at radius 3 is 2.23 bits per heavy atom. The zero-order valence-electron chi connectivity index (χ0n) is 21.4. The molecule has 9 nitrogen and oxygen atoms in total. The Hall–Kier alpha value is -3.46. The van der Waals surface area contributed by atoms with E-state index in [1.807, 2.05) is 12.1 Å². The second-order valence-corrected chi connectivity index (χ2v) is 12.6. The van der Waals surface area contributed by atoms with Crippen LogP contribution in [0.25, 0.3) is 0 Å². The Balaban J connectivity index is 1.79. The van der Waals surface area contributed by atoms with E-state index in [1.165, 1.54) is 0 Å². The Morgan fingerprint density at radius 1 is 1.05 bits per heavy atom. The van der Waals surface area contributed by atoms with Crippen LogP contribution < -0.4 is 0 Å². The number of nitrogens with one attached hydrogen (secondary N) is 1. The van der Waals surface area contributed by atoms with Crippen molar-refractivity contribution < 1.29 is 36.0 Å². The standard InChI is InChI=1S/C25H22ClF3N4O5S2/c26-20-10-6-18(7-11-20)23-22(17-4-2-1-3-5-17)16-32(31-23)24(30)33(14-15-39(34,35)36)40(37,38)21-12-8-19(9-13-21)25(27,28)29/h1-13,22,30H,14-16H2,(H,34,35,36)/b30-24-. The first kappa shape index (κ1) is 28.1. The molecule has 3 aromatic rings. The molecule has 15 heteroatoms. The van der Waals surface area contributed by atoms with Gasteiger partial charge in [-0.15, -0.1) is 0 Å². The number of alkyl halides is 3. The third-order valence-electron chi connectivity index (χ3n) is 6.03. The summed E-state index contributed by atoms with van der Waals surface area (Å²) in [5.74, 6) is -2.17. The fourth-order valence-corrected chi connectivity index (χ4v) is 6.08. The highest BCUT2D eigenvalue weighted by Gasteiger charge is 2.37. The van der Waals surface area contributed by atoms with Gasteiger partial charge in [0.05, 0.1) is 35.0 Å². The topological polar surface area (TPSA) is 131 Å². The number of sulfonamides is 1. The van der Waals surface area contributed by atoms with E-state index >= 15 is 0 Å². The number of benzene rings is 3. The molecule has 0 aliphatic carbocycles. The molecule has 0 saturated carbocycles. The van der Waals surface area contributed by atoms with Crippen LogP contribution in [0.2, 0.25) is 6.43 Å². The van der Waals surface area contributed by atoms with Crippen LogP contribution in [0, 0.1) is 5.40 Å². The first-order chi connectivity index (χ1) is 19.2. The quantitative estimate of drug-likeness (QED) is 0.226. The molecule has 1 aliphatic rings. The van der Waals surface area contributed by atoms with Crippen molar-refractivity contribution in [1.29, 1.82) is 5.40 Å². The van der Waals surface area contributed by atoms with Gasteiger partial charge in [-0.3, -0.25) is 9.96 Å². The molecule has 40 heavy (non-hydrogen) atoms. The fraction of sp³-hybridized carbons (Fsp3) is 0.200. The Bertz CT molecular complexity index is 1670. The highest BCUT2D eigenvalue weighted by atomic mass is 35.5. The summed E-state index contributed by atoms with van der Waals surface area (Å²) in [5, 5.41) is 9.43. The van der Waals surface area contributed by atoms with Crippen LogP contribution in [0.5, 0.6) is 0 Å². The highest BCUT2D eigenvalue weighted by molar-refractivity contribution is 7.89. The SMILES string of the molecule is [H]/N=C(/N1CC(c2ccccc2)C(c2ccc(Cl)cc2)=N1)N(CCS(=O)(=O)O)S(=O)(=O)c1ccc(C(F)(F)F)cc1. The summed E-state index contributed by atoms with van der Waals surface area (Å²) in [6.07, 6.45) is -4.73. The number of nitrogens with zero attached hydrogens (tertiary/aromatic N) is 3. The molecule has 0 fully saturated rings. The summed E-state index contributed by atoms with van der Waals surface area (Å²) in [6.45, 7) is -0.928. The molecule has 2 N–H and O–H groups in total. The van der Waals surface area contributed by atoms with Crippen LogP contribution in [0.3, 0.4) is 0 Å². The van der Waals surface area contributed by atoms with Crippen molar-refractivity contribution in [3.05, 3.63) is 101 Å². The Labute approximate surface area is 235 Å². The lowest BCUT2D eigenvalue weighted by Gasteiger charge is -2.28. The largest absolute Gasteiger partial charge is 0.416 e. The summed E-state index contributed by atoms with van der Waals surface area (Å²) in [4.78, 5) is -0.623. The van der Waals surface area contributed by atoms with Crippen molar-refractivity contribution >= 4 is 43.4 Å². The molecule has 0 aromatic heterocycles. The normalized spacial score (nSPS) is 17.0. The maximum Gasteiger partial charge on any atom is 0.416 e. The Morgan fingerprint density at radius 2 is 1.68 bits per heavy atom. The lowest BCUT2D eigenvalue weighted by Crippen LogP contribution is -2.46. The molecule has 0 amide bonds. The second-order valence-electron chi connectivity index (χ2n) is 8.72. The molecule has 212 valence electrons. The van der Waals surface area contributed by atoms with Crippen LogP contribution in [0.15, 0.2) is 88.9 Å². The molecule has 4 rings (SSSR count). The molecule has 1 heterocycles. The predicted octanol–water partition coefficient (Wildman–Crippen LogP) is 4.68. The van der Waals surface area contributed by atoms with Crippen LogP contribution in [-0.4, -0.2) is 61.2 Å². The zero-order chi connectivity index (χ0) is 30.0. The lowest BCUT2D eigenvalue weighted by atomic mass is 9.91. The zero-order valence-corrected chi connectivity index (χ0v) is 22.8. The van der Waals surface area contributed by atoms with Crippen LogP contribution in [0.4, 0.5) is 13.2 Å². The number of hydrazone groups is 1. The van der Waals surface area contributed by atoms with Gasteiger partial charge in [0.25, 0.3) is 20.1 Å². The number of halogens is 4. The smallest absolute Gasteiger partial charge is 0.285 e. The molecule has 1 aliphatic heterocycles. The van der Waals surface area contributed by atoms with Crippen molar-refractivity contribution in [3.8, 4) is 0 Å². The van der Waals surface area contributed by atoms with Crippen LogP contribution in [-0.2, 0) is 26.3 Å². The number of guanidine groups is 1. The minimum atomic E-state index is -4.79. The molecular weight excluding hydrogens is 593 g/mol. The van der Waals surface area contributed by atoms with Gasteiger partial charge in [-0.05, 0) is 47.5 Å². The van der Waals surface area contributed by atoms with Crippen molar-refractivity contribution in [1.82, 2.24) is 9.31 Å². The van der Waals surface area contributed by atoms with Gasteiger partial charge in [0.2, 0.25) is 5.96 Å². The van der Waals surface area contributed by atoms with Crippen molar-refractivity contribution in [2.24, 2.45) is 5.10 Å². The summed E-state index contributed by atoms with van der Waals surface area (Å²) in [5.41, 5.74) is 0.793. The molecule has 0 saturated heterocycles. The molecule has 1 unspecified atom stereocenters. The number of hydrogen-bond acceptors (Lipinski definition) is 6. The monoisotopic (exact) mass is 614 g/mol. The van der Waals surface area contributed by atoms with E-state index in [-0.39, 0.29) is 6.54 Å². The Kier molecular flexibility index (Phi) is 7.86.